The van der Waals surface area contributed by atoms with Crippen LogP contribution in [0.15, 0.2) is 23.1 Å². The van der Waals surface area contributed by atoms with Crippen LogP contribution in [0.25, 0.3) is 0 Å². The second-order valence-electron chi connectivity index (χ2n) is 3.40. The molecule has 0 bridgehead atoms. The smallest absolute Gasteiger partial charge is 0.326 e. The lowest BCUT2D eigenvalue weighted by Crippen LogP contribution is -2.34. The third kappa shape index (κ3) is 3.93. The molecule has 9 heteroatoms. The van der Waals surface area contributed by atoms with Gasteiger partial charge in [-0.05, 0) is 17.7 Å². The van der Waals surface area contributed by atoms with E-state index in [1.54, 1.807) is 0 Å². The highest BCUT2D eigenvalue weighted by molar-refractivity contribution is 7.89. The number of nitrogens with two attached hydrogens (primary N) is 1. The van der Waals surface area contributed by atoms with Crippen molar-refractivity contribution >= 4 is 10.0 Å². The number of hydrogen-bond acceptors (Lipinski definition) is 3. The van der Waals surface area contributed by atoms with Gasteiger partial charge in [0.1, 0.15) is 12.4 Å². The molecule has 0 unspecified atom stereocenters. The minimum absolute atomic E-state index is 0.0334. The molecular weight excluding hydrogens is 276 g/mol. The Morgan fingerprint density at radius 2 is 1.89 bits per heavy atom. The number of rotatable bonds is 4. The van der Waals surface area contributed by atoms with E-state index in [1.807, 2.05) is 0 Å². The Morgan fingerprint density at radius 1 is 1.28 bits per heavy atom. The highest BCUT2D eigenvalue weighted by Crippen LogP contribution is 2.19. The van der Waals surface area contributed by atoms with Gasteiger partial charge in [-0.1, -0.05) is 6.07 Å². The van der Waals surface area contributed by atoms with Crippen molar-refractivity contribution in [2.75, 3.05) is 6.54 Å². The Bertz CT molecular complexity index is 528. The molecule has 0 aromatic heterocycles. The summed E-state index contributed by atoms with van der Waals surface area (Å²) in [4.78, 5) is -0.589. The van der Waals surface area contributed by atoms with E-state index in [1.165, 1.54) is 4.72 Å². The van der Waals surface area contributed by atoms with Crippen molar-refractivity contribution in [3.05, 3.63) is 29.6 Å². The predicted octanol–water partition coefficient (Wildman–Crippen LogP) is 1.13. The van der Waals surface area contributed by atoms with Crippen LogP contribution < -0.4 is 10.5 Å². The lowest BCUT2D eigenvalue weighted by molar-refractivity contribution is -0.121. The number of benzene rings is 1. The van der Waals surface area contributed by atoms with Gasteiger partial charge in [0.2, 0.25) is 10.0 Å². The summed E-state index contributed by atoms with van der Waals surface area (Å²) in [6.45, 7) is -1.96. The van der Waals surface area contributed by atoms with Crippen LogP contribution in [0.3, 0.4) is 0 Å². The third-order valence-electron chi connectivity index (χ3n) is 2.00. The van der Waals surface area contributed by atoms with E-state index >= 15 is 0 Å². The molecule has 0 saturated carbocycles. The molecule has 1 aromatic carbocycles. The van der Waals surface area contributed by atoms with Crippen molar-refractivity contribution in [2.24, 2.45) is 5.73 Å². The minimum Gasteiger partial charge on any atom is -0.326 e. The molecular formula is C9H10F4N2O2S. The fraction of sp³-hybridized carbons (Fsp3) is 0.333. The van der Waals surface area contributed by atoms with Crippen molar-refractivity contribution in [1.29, 1.82) is 0 Å². The first-order valence-corrected chi connectivity index (χ1v) is 6.19. The summed E-state index contributed by atoms with van der Waals surface area (Å²) in [6.07, 6.45) is -4.69. The highest BCUT2D eigenvalue weighted by Gasteiger charge is 2.30. The Labute approximate surface area is 101 Å². The predicted molar refractivity (Wildman–Crippen MR) is 55.5 cm³/mol. The summed E-state index contributed by atoms with van der Waals surface area (Å²) in [5.41, 5.74) is 5.28. The van der Waals surface area contributed by atoms with Crippen LogP contribution in [0, 0.1) is 5.82 Å². The van der Waals surface area contributed by atoms with E-state index in [4.69, 9.17) is 5.73 Å². The molecule has 0 atom stereocenters. The lowest BCUT2D eigenvalue weighted by atomic mass is 10.2. The average Bonchev–Trinajstić information content (AvgIpc) is 2.26. The van der Waals surface area contributed by atoms with E-state index < -0.39 is 33.5 Å². The molecule has 1 aromatic rings. The van der Waals surface area contributed by atoms with Gasteiger partial charge in [-0.3, -0.25) is 0 Å². The summed E-state index contributed by atoms with van der Waals surface area (Å²) < 4.78 is 73.2. The van der Waals surface area contributed by atoms with Crippen LogP contribution in [0.2, 0.25) is 0 Å². The van der Waals surface area contributed by atoms with Crippen LogP contribution in [0.4, 0.5) is 17.6 Å². The number of halogens is 4. The fourth-order valence-corrected chi connectivity index (χ4v) is 2.48. The van der Waals surface area contributed by atoms with Crippen molar-refractivity contribution in [3.8, 4) is 0 Å². The zero-order valence-corrected chi connectivity index (χ0v) is 9.78. The molecule has 0 amide bonds. The van der Waals surface area contributed by atoms with Crippen LogP contribution in [0.5, 0.6) is 0 Å². The second kappa shape index (κ2) is 5.21. The summed E-state index contributed by atoms with van der Waals surface area (Å²) >= 11 is 0. The Kier molecular flexibility index (Phi) is 4.30. The van der Waals surface area contributed by atoms with Crippen molar-refractivity contribution in [3.63, 3.8) is 0 Å². The first-order chi connectivity index (χ1) is 8.15. The SMILES string of the molecule is NCc1ccc(F)cc1S(=O)(=O)NCC(F)(F)F. The first kappa shape index (κ1) is 14.9. The van der Waals surface area contributed by atoms with Crippen LogP contribution in [-0.4, -0.2) is 21.1 Å². The quantitative estimate of drug-likeness (QED) is 0.815. The fourth-order valence-electron chi connectivity index (χ4n) is 1.20. The van der Waals surface area contributed by atoms with Crippen LogP contribution in [0.1, 0.15) is 5.56 Å². The molecule has 3 N–H and O–H groups in total. The number of hydrogen-bond donors (Lipinski definition) is 2. The number of sulfonamides is 1. The summed E-state index contributed by atoms with van der Waals surface area (Å²) in [7, 11) is -4.45. The standard InChI is InChI=1S/C9H10F4N2O2S/c10-7-2-1-6(4-14)8(3-7)18(16,17)15-5-9(11,12)13/h1-3,15H,4-5,14H2. The van der Waals surface area contributed by atoms with Gasteiger partial charge in [-0.15, -0.1) is 0 Å². The molecule has 0 aliphatic heterocycles. The molecule has 102 valence electrons. The summed E-state index contributed by atoms with van der Waals surface area (Å²) in [6, 6.07) is 2.71. The van der Waals surface area contributed by atoms with E-state index in [-0.39, 0.29) is 12.1 Å². The number of alkyl halides is 3. The Balaban J connectivity index is 3.08. The summed E-state index contributed by atoms with van der Waals surface area (Å²) in [5, 5.41) is 0. The normalized spacial score (nSPS) is 12.7. The maximum atomic E-state index is 12.9. The molecule has 4 nitrogen and oxygen atoms in total. The molecule has 0 aliphatic carbocycles. The van der Waals surface area contributed by atoms with Gasteiger partial charge < -0.3 is 5.73 Å². The van der Waals surface area contributed by atoms with E-state index in [0.717, 1.165) is 12.1 Å². The van der Waals surface area contributed by atoms with E-state index in [0.29, 0.717) is 6.07 Å². The van der Waals surface area contributed by atoms with Crippen molar-refractivity contribution in [1.82, 2.24) is 4.72 Å². The molecule has 0 saturated heterocycles. The monoisotopic (exact) mass is 286 g/mol. The van der Waals surface area contributed by atoms with Gasteiger partial charge in [0.15, 0.2) is 0 Å². The molecule has 0 aliphatic rings. The maximum Gasteiger partial charge on any atom is 0.402 e. The average molecular weight is 286 g/mol. The largest absolute Gasteiger partial charge is 0.402 e. The van der Waals surface area contributed by atoms with E-state index in [2.05, 4.69) is 0 Å². The summed E-state index contributed by atoms with van der Waals surface area (Å²) in [5.74, 6) is -0.875. The van der Waals surface area contributed by atoms with E-state index in [9.17, 15) is 26.0 Å². The Hall–Kier alpha value is -1.19. The molecule has 18 heavy (non-hydrogen) atoms. The van der Waals surface area contributed by atoms with Gasteiger partial charge in [-0.25, -0.2) is 17.5 Å². The van der Waals surface area contributed by atoms with Gasteiger partial charge in [-0.2, -0.15) is 13.2 Å². The molecule has 1 rings (SSSR count). The van der Waals surface area contributed by atoms with Gasteiger partial charge in [0.25, 0.3) is 0 Å². The zero-order valence-electron chi connectivity index (χ0n) is 8.96. The van der Waals surface area contributed by atoms with Gasteiger partial charge >= 0.3 is 6.18 Å². The van der Waals surface area contributed by atoms with Crippen molar-refractivity contribution in [2.45, 2.75) is 17.6 Å². The topological polar surface area (TPSA) is 72.2 Å². The third-order valence-corrected chi connectivity index (χ3v) is 3.48. The van der Waals surface area contributed by atoms with Gasteiger partial charge in [0, 0.05) is 6.54 Å². The van der Waals surface area contributed by atoms with Crippen LogP contribution in [-0.2, 0) is 16.6 Å². The maximum absolute atomic E-state index is 12.9. The number of nitrogens with one attached hydrogen (secondary N) is 1. The second-order valence-corrected chi connectivity index (χ2v) is 5.13. The highest BCUT2D eigenvalue weighted by atomic mass is 32.2. The van der Waals surface area contributed by atoms with Crippen LogP contribution >= 0.6 is 0 Å². The molecule has 0 spiro atoms. The van der Waals surface area contributed by atoms with Gasteiger partial charge in [0.05, 0.1) is 4.90 Å². The molecule has 0 heterocycles. The Morgan fingerprint density at radius 3 is 2.39 bits per heavy atom. The first-order valence-electron chi connectivity index (χ1n) is 4.70. The lowest BCUT2D eigenvalue weighted by Gasteiger charge is -2.12. The minimum atomic E-state index is -4.69. The zero-order chi connectivity index (χ0) is 14.0. The molecule has 0 fully saturated rings. The van der Waals surface area contributed by atoms with Crippen molar-refractivity contribution < 1.29 is 26.0 Å². The molecule has 0 radical (unpaired) electrons.